The van der Waals surface area contributed by atoms with Gasteiger partial charge in [0, 0.05) is 19.2 Å². The number of nitriles is 1. The van der Waals surface area contributed by atoms with Gasteiger partial charge in [0.15, 0.2) is 5.76 Å². The molecule has 0 saturated heterocycles. The van der Waals surface area contributed by atoms with Gasteiger partial charge in [-0.1, -0.05) is 30.3 Å². The van der Waals surface area contributed by atoms with Gasteiger partial charge in [-0.05, 0) is 47.9 Å². The van der Waals surface area contributed by atoms with E-state index in [9.17, 15) is 5.26 Å². The molecule has 0 aliphatic heterocycles. The average molecular weight is 466 g/mol. The lowest BCUT2D eigenvalue weighted by molar-refractivity contribution is 0.409. The van der Waals surface area contributed by atoms with Gasteiger partial charge in [-0.3, -0.25) is 0 Å². The molecule has 9 heteroatoms. The summed E-state index contributed by atoms with van der Waals surface area (Å²) in [6.45, 7) is 1.17. The number of nitrogens with zero attached hydrogens (tertiary/aromatic N) is 6. The highest BCUT2D eigenvalue weighted by Crippen LogP contribution is 2.24. The Bertz CT molecular complexity index is 1500. The first-order chi connectivity index (χ1) is 17.1. The number of anilines is 2. The zero-order chi connectivity index (χ0) is 24.2. The minimum atomic E-state index is 0.375. The van der Waals surface area contributed by atoms with Crippen molar-refractivity contribution in [2.24, 2.45) is 0 Å². The van der Waals surface area contributed by atoms with E-state index in [1.165, 1.54) is 4.52 Å². The second kappa shape index (κ2) is 9.57. The molecule has 0 fully saturated rings. The molecule has 0 spiro atoms. The Kier molecular flexibility index (Phi) is 6.01. The van der Waals surface area contributed by atoms with E-state index in [0.717, 1.165) is 23.3 Å². The third-order valence-electron chi connectivity index (χ3n) is 5.66. The van der Waals surface area contributed by atoms with Crippen molar-refractivity contribution in [2.75, 3.05) is 24.3 Å². The van der Waals surface area contributed by atoms with Crippen LogP contribution in [0.3, 0.4) is 0 Å². The minimum Gasteiger partial charge on any atom is -0.496 e. The van der Waals surface area contributed by atoms with Crippen LogP contribution >= 0.6 is 0 Å². The SMILES string of the molecule is COc1ccccc1CCN(Cc1cccc(C#N)c1)c1cc(N)n2nc(-c3ccco3)nc2n1. The Balaban J connectivity index is 1.51. The number of nitrogen functional groups attached to an aromatic ring is 1. The molecule has 0 aliphatic carbocycles. The molecule has 2 N–H and O–H groups in total. The van der Waals surface area contributed by atoms with E-state index >= 15 is 0 Å². The van der Waals surface area contributed by atoms with Gasteiger partial charge in [0.1, 0.15) is 17.4 Å². The van der Waals surface area contributed by atoms with Crippen molar-refractivity contribution < 1.29 is 9.15 Å². The number of fused-ring (bicyclic) bond motifs is 1. The van der Waals surface area contributed by atoms with E-state index in [4.69, 9.17) is 19.9 Å². The topological polar surface area (TPSA) is 118 Å². The Morgan fingerprint density at radius 3 is 2.77 bits per heavy atom. The van der Waals surface area contributed by atoms with Gasteiger partial charge in [-0.15, -0.1) is 5.10 Å². The predicted molar refractivity (Wildman–Crippen MR) is 132 cm³/mol. The number of rotatable bonds is 8. The van der Waals surface area contributed by atoms with E-state index in [0.29, 0.717) is 47.7 Å². The highest BCUT2D eigenvalue weighted by molar-refractivity contribution is 5.58. The van der Waals surface area contributed by atoms with Crippen LogP contribution < -0.4 is 15.4 Å². The van der Waals surface area contributed by atoms with Crippen LogP contribution in [0.15, 0.2) is 77.4 Å². The van der Waals surface area contributed by atoms with Gasteiger partial charge in [0.2, 0.25) is 5.82 Å². The lowest BCUT2D eigenvalue weighted by Crippen LogP contribution is -2.27. The van der Waals surface area contributed by atoms with Crippen molar-refractivity contribution in [3.63, 3.8) is 0 Å². The highest BCUT2D eigenvalue weighted by Gasteiger charge is 2.17. The summed E-state index contributed by atoms with van der Waals surface area (Å²) >= 11 is 0. The Morgan fingerprint density at radius 1 is 1.09 bits per heavy atom. The number of hydrogen-bond donors (Lipinski definition) is 1. The molecule has 0 bridgehead atoms. The van der Waals surface area contributed by atoms with Crippen LogP contribution in [-0.4, -0.2) is 33.2 Å². The largest absolute Gasteiger partial charge is 0.496 e. The Morgan fingerprint density at radius 2 is 1.97 bits per heavy atom. The number of hydrogen-bond acceptors (Lipinski definition) is 8. The van der Waals surface area contributed by atoms with E-state index < -0.39 is 0 Å². The van der Waals surface area contributed by atoms with Crippen LogP contribution in [0, 0.1) is 11.3 Å². The molecule has 3 aromatic heterocycles. The third kappa shape index (κ3) is 4.63. The molecule has 174 valence electrons. The maximum Gasteiger partial charge on any atom is 0.256 e. The summed E-state index contributed by atoms with van der Waals surface area (Å²) in [5, 5.41) is 13.8. The van der Waals surface area contributed by atoms with Crippen LogP contribution in [0.1, 0.15) is 16.7 Å². The summed E-state index contributed by atoms with van der Waals surface area (Å²) in [7, 11) is 1.67. The van der Waals surface area contributed by atoms with Gasteiger partial charge in [-0.25, -0.2) is 0 Å². The van der Waals surface area contributed by atoms with Crippen LogP contribution in [0.5, 0.6) is 5.75 Å². The molecule has 0 aliphatic rings. The van der Waals surface area contributed by atoms with Gasteiger partial charge >= 0.3 is 0 Å². The predicted octanol–water partition coefficient (Wildman–Crippen LogP) is 4.10. The first kappa shape index (κ1) is 22.0. The number of nitrogens with two attached hydrogens (primary N) is 1. The molecule has 0 atom stereocenters. The quantitative estimate of drug-likeness (QED) is 0.364. The lowest BCUT2D eigenvalue weighted by Gasteiger charge is -2.25. The molecular weight excluding hydrogens is 442 g/mol. The summed E-state index contributed by atoms with van der Waals surface area (Å²) < 4.78 is 12.4. The lowest BCUT2D eigenvalue weighted by atomic mass is 10.1. The van der Waals surface area contributed by atoms with Crippen LogP contribution in [0.25, 0.3) is 17.4 Å². The third-order valence-corrected chi connectivity index (χ3v) is 5.66. The smallest absolute Gasteiger partial charge is 0.256 e. The summed E-state index contributed by atoms with van der Waals surface area (Å²) in [6, 6.07) is 23.0. The molecule has 2 aromatic carbocycles. The average Bonchev–Trinajstić information content (AvgIpc) is 3.57. The van der Waals surface area contributed by atoms with Crippen LogP contribution in [0.4, 0.5) is 11.6 Å². The normalized spacial score (nSPS) is 10.9. The zero-order valence-corrected chi connectivity index (χ0v) is 19.1. The zero-order valence-electron chi connectivity index (χ0n) is 19.1. The molecule has 0 amide bonds. The fourth-order valence-corrected chi connectivity index (χ4v) is 3.95. The van der Waals surface area contributed by atoms with Gasteiger partial charge in [-0.2, -0.15) is 19.7 Å². The first-order valence-corrected chi connectivity index (χ1v) is 11.1. The van der Waals surface area contributed by atoms with Crippen molar-refractivity contribution in [3.8, 4) is 23.4 Å². The number of ether oxygens (including phenoxy) is 1. The number of para-hydroxylation sites is 1. The fraction of sp³-hybridized carbons (Fsp3) is 0.154. The van der Waals surface area contributed by atoms with E-state index in [2.05, 4.69) is 21.1 Å². The number of aromatic nitrogens is 4. The number of methoxy groups -OCH3 is 1. The minimum absolute atomic E-state index is 0.375. The maximum absolute atomic E-state index is 9.33. The summed E-state index contributed by atoms with van der Waals surface area (Å²) in [6.07, 6.45) is 2.29. The Labute approximate surface area is 202 Å². The van der Waals surface area contributed by atoms with E-state index in [-0.39, 0.29) is 0 Å². The molecule has 3 heterocycles. The molecule has 9 nitrogen and oxygen atoms in total. The standard InChI is InChI=1S/C26H23N7O2/c1-34-21-9-3-2-8-20(21)11-12-32(17-19-7-4-6-18(14-19)16-27)24-15-23(28)33-26(29-24)30-25(31-33)22-10-5-13-35-22/h2-10,13-15H,11-12,17,28H2,1H3. The Hall–Kier alpha value is -4.84. The molecule has 35 heavy (non-hydrogen) atoms. The van der Waals surface area contributed by atoms with Gasteiger partial charge < -0.3 is 19.8 Å². The molecule has 0 saturated carbocycles. The number of benzene rings is 2. The highest BCUT2D eigenvalue weighted by atomic mass is 16.5. The molecule has 5 rings (SSSR count). The fourth-order valence-electron chi connectivity index (χ4n) is 3.95. The van der Waals surface area contributed by atoms with Crippen molar-refractivity contribution in [1.29, 1.82) is 5.26 Å². The second-order valence-corrected chi connectivity index (χ2v) is 7.96. The van der Waals surface area contributed by atoms with Gasteiger partial charge in [0.25, 0.3) is 5.78 Å². The summed E-state index contributed by atoms with van der Waals surface area (Å²) in [5.74, 6) is 3.22. The van der Waals surface area contributed by atoms with E-state index in [1.807, 2.05) is 42.5 Å². The number of furan rings is 1. The monoisotopic (exact) mass is 465 g/mol. The van der Waals surface area contributed by atoms with Crippen molar-refractivity contribution in [1.82, 2.24) is 19.6 Å². The molecule has 0 radical (unpaired) electrons. The molecule has 0 unspecified atom stereocenters. The van der Waals surface area contributed by atoms with Crippen molar-refractivity contribution in [3.05, 3.63) is 89.7 Å². The summed E-state index contributed by atoms with van der Waals surface area (Å²) in [5.41, 5.74) is 9.03. The first-order valence-electron chi connectivity index (χ1n) is 11.1. The molecule has 5 aromatic rings. The maximum atomic E-state index is 9.33. The van der Waals surface area contributed by atoms with E-state index in [1.54, 1.807) is 37.6 Å². The van der Waals surface area contributed by atoms with Crippen LogP contribution in [0.2, 0.25) is 0 Å². The van der Waals surface area contributed by atoms with Gasteiger partial charge in [0.05, 0.1) is 25.0 Å². The second-order valence-electron chi connectivity index (χ2n) is 7.96. The van der Waals surface area contributed by atoms with Crippen LogP contribution in [-0.2, 0) is 13.0 Å². The van der Waals surface area contributed by atoms with Crippen molar-refractivity contribution >= 4 is 17.4 Å². The molecular formula is C26H23N7O2. The summed E-state index contributed by atoms with van der Waals surface area (Å²) in [4.78, 5) is 11.4. The van der Waals surface area contributed by atoms with Crippen molar-refractivity contribution in [2.45, 2.75) is 13.0 Å².